The number of hydrogen-bond donors (Lipinski definition) is 1. The Morgan fingerprint density at radius 3 is 2.54 bits per heavy atom. The molecule has 2 aliphatic heterocycles. The average molecular weight is 397 g/mol. The molecule has 0 atom stereocenters. The number of amides is 2. The lowest BCUT2D eigenvalue weighted by molar-refractivity contribution is -0.187. The van der Waals surface area contributed by atoms with Crippen LogP contribution in [0.2, 0.25) is 0 Å². The maximum atomic E-state index is 12.3. The van der Waals surface area contributed by atoms with Gasteiger partial charge in [-0.15, -0.1) is 0 Å². The van der Waals surface area contributed by atoms with Gasteiger partial charge in [0.15, 0.2) is 5.79 Å². The number of halogens is 1. The molecule has 3 rings (SSSR count). The molecule has 24 heavy (non-hydrogen) atoms. The molecule has 0 radical (unpaired) electrons. The number of ether oxygens (including phenoxy) is 2. The second-order valence-electron chi connectivity index (χ2n) is 6.17. The van der Waals surface area contributed by atoms with Gasteiger partial charge in [-0.05, 0) is 30.7 Å². The number of rotatable bonds is 3. The van der Waals surface area contributed by atoms with E-state index in [0.29, 0.717) is 39.1 Å². The van der Waals surface area contributed by atoms with Gasteiger partial charge in [-0.3, -0.25) is 9.59 Å². The van der Waals surface area contributed by atoms with Crippen LogP contribution < -0.4 is 5.32 Å². The van der Waals surface area contributed by atoms with Gasteiger partial charge in [-0.1, -0.05) is 15.9 Å². The summed E-state index contributed by atoms with van der Waals surface area (Å²) in [5.41, 5.74) is 1.67. The molecule has 0 aliphatic carbocycles. The summed E-state index contributed by atoms with van der Waals surface area (Å²) in [4.78, 5) is 26.2. The van der Waals surface area contributed by atoms with E-state index in [1.54, 1.807) is 4.90 Å². The fourth-order valence-corrected chi connectivity index (χ4v) is 3.57. The van der Waals surface area contributed by atoms with Gasteiger partial charge >= 0.3 is 0 Å². The van der Waals surface area contributed by atoms with Crippen molar-refractivity contribution < 1.29 is 19.1 Å². The van der Waals surface area contributed by atoms with Crippen molar-refractivity contribution in [3.05, 3.63) is 28.2 Å². The van der Waals surface area contributed by atoms with Crippen LogP contribution in [-0.4, -0.2) is 48.8 Å². The molecule has 2 amide bonds. The summed E-state index contributed by atoms with van der Waals surface area (Å²) >= 11 is 3.39. The van der Waals surface area contributed by atoms with Crippen molar-refractivity contribution in [1.29, 1.82) is 0 Å². The molecule has 1 aromatic rings. The summed E-state index contributed by atoms with van der Waals surface area (Å²) in [6.45, 7) is 4.26. The first-order valence-electron chi connectivity index (χ1n) is 8.09. The van der Waals surface area contributed by atoms with Crippen LogP contribution in [-0.2, 0) is 19.1 Å². The van der Waals surface area contributed by atoms with Crippen molar-refractivity contribution in [2.75, 3.05) is 31.6 Å². The zero-order valence-corrected chi connectivity index (χ0v) is 15.2. The molecule has 1 N–H and O–H groups in total. The molecule has 2 heterocycles. The van der Waals surface area contributed by atoms with E-state index in [1.165, 1.54) is 0 Å². The largest absolute Gasteiger partial charge is 0.347 e. The normalized spacial score (nSPS) is 19.5. The van der Waals surface area contributed by atoms with Gasteiger partial charge in [-0.25, -0.2) is 0 Å². The zero-order valence-electron chi connectivity index (χ0n) is 13.6. The standard InChI is InChI=1S/C17H21BrN2O4/c1-12-10-13(18)2-3-14(12)19-15(21)11-16(22)20-6-4-17(5-7-20)23-8-9-24-17/h2-3,10H,4-9,11H2,1H3,(H,19,21). The first kappa shape index (κ1) is 17.4. The van der Waals surface area contributed by atoms with E-state index in [4.69, 9.17) is 9.47 Å². The Morgan fingerprint density at radius 1 is 1.25 bits per heavy atom. The lowest BCUT2D eigenvalue weighted by Gasteiger charge is -2.37. The number of hydrogen-bond acceptors (Lipinski definition) is 4. The lowest BCUT2D eigenvalue weighted by Crippen LogP contribution is -2.47. The fourth-order valence-electron chi connectivity index (χ4n) is 3.09. The molecule has 2 aliphatic rings. The second kappa shape index (κ2) is 7.21. The van der Waals surface area contributed by atoms with Gasteiger partial charge in [0.2, 0.25) is 11.8 Å². The SMILES string of the molecule is Cc1cc(Br)ccc1NC(=O)CC(=O)N1CCC2(CC1)OCCO2. The quantitative estimate of drug-likeness (QED) is 0.796. The predicted octanol–water partition coefficient (Wildman–Crippen LogP) is 2.45. The number of anilines is 1. The summed E-state index contributed by atoms with van der Waals surface area (Å²) in [6.07, 6.45) is 1.17. The Morgan fingerprint density at radius 2 is 1.92 bits per heavy atom. The monoisotopic (exact) mass is 396 g/mol. The van der Waals surface area contributed by atoms with Gasteiger partial charge in [0.05, 0.1) is 13.2 Å². The molecular weight excluding hydrogens is 376 g/mol. The number of carbonyl (C=O) groups excluding carboxylic acids is 2. The molecule has 1 aromatic carbocycles. The lowest BCUT2D eigenvalue weighted by atomic mass is 10.0. The maximum absolute atomic E-state index is 12.3. The highest BCUT2D eigenvalue weighted by atomic mass is 79.9. The Hall–Kier alpha value is -1.44. The Bertz CT molecular complexity index is 633. The van der Waals surface area contributed by atoms with Crippen LogP contribution in [0.4, 0.5) is 5.69 Å². The van der Waals surface area contributed by atoms with Crippen LogP contribution in [0.1, 0.15) is 24.8 Å². The highest BCUT2D eigenvalue weighted by Gasteiger charge is 2.40. The average Bonchev–Trinajstić information content (AvgIpc) is 2.99. The first-order chi connectivity index (χ1) is 11.5. The van der Waals surface area contributed by atoms with Crippen LogP contribution in [0.5, 0.6) is 0 Å². The number of piperidine rings is 1. The third kappa shape index (κ3) is 3.96. The van der Waals surface area contributed by atoms with Gasteiger partial charge in [-0.2, -0.15) is 0 Å². The van der Waals surface area contributed by atoms with Gasteiger partial charge in [0.1, 0.15) is 6.42 Å². The summed E-state index contributed by atoms with van der Waals surface area (Å²) in [5.74, 6) is -0.956. The van der Waals surface area contributed by atoms with Crippen LogP contribution in [0, 0.1) is 6.92 Å². The molecule has 2 saturated heterocycles. The van der Waals surface area contributed by atoms with Crippen LogP contribution >= 0.6 is 15.9 Å². The molecule has 6 nitrogen and oxygen atoms in total. The number of carbonyl (C=O) groups is 2. The molecule has 7 heteroatoms. The van der Waals surface area contributed by atoms with E-state index < -0.39 is 5.79 Å². The third-order valence-electron chi connectivity index (χ3n) is 4.47. The summed E-state index contributed by atoms with van der Waals surface area (Å²) in [7, 11) is 0. The number of nitrogens with one attached hydrogen (secondary N) is 1. The topological polar surface area (TPSA) is 67.9 Å². The van der Waals surface area contributed by atoms with E-state index in [-0.39, 0.29) is 18.2 Å². The van der Waals surface area contributed by atoms with Crippen LogP contribution in [0.15, 0.2) is 22.7 Å². The minimum absolute atomic E-state index is 0.149. The van der Waals surface area contributed by atoms with Gasteiger partial charge < -0.3 is 19.7 Å². The Balaban J connectivity index is 1.50. The van der Waals surface area contributed by atoms with Crippen molar-refractivity contribution in [2.45, 2.75) is 32.0 Å². The smallest absolute Gasteiger partial charge is 0.233 e. The van der Waals surface area contributed by atoms with Crippen molar-refractivity contribution >= 4 is 33.4 Å². The number of benzene rings is 1. The summed E-state index contributed by atoms with van der Waals surface area (Å²) in [5, 5.41) is 2.80. The molecule has 1 spiro atoms. The van der Waals surface area contributed by atoms with E-state index in [1.807, 2.05) is 25.1 Å². The van der Waals surface area contributed by atoms with E-state index in [0.717, 1.165) is 15.7 Å². The minimum atomic E-state index is -0.506. The number of nitrogens with zero attached hydrogens (tertiary/aromatic N) is 1. The van der Waals surface area contributed by atoms with Crippen LogP contribution in [0.3, 0.4) is 0 Å². The van der Waals surface area contributed by atoms with Crippen LogP contribution in [0.25, 0.3) is 0 Å². The highest BCUT2D eigenvalue weighted by molar-refractivity contribution is 9.10. The van der Waals surface area contributed by atoms with Crippen molar-refractivity contribution in [3.8, 4) is 0 Å². The molecule has 0 unspecified atom stereocenters. The van der Waals surface area contributed by atoms with Crippen molar-refractivity contribution in [2.24, 2.45) is 0 Å². The third-order valence-corrected chi connectivity index (χ3v) is 4.96. The molecule has 0 bridgehead atoms. The van der Waals surface area contributed by atoms with E-state index in [9.17, 15) is 9.59 Å². The first-order valence-corrected chi connectivity index (χ1v) is 8.88. The molecule has 130 valence electrons. The second-order valence-corrected chi connectivity index (χ2v) is 7.09. The van der Waals surface area contributed by atoms with Gasteiger partial charge in [0, 0.05) is 36.1 Å². The fraction of sp³-hybridized carbons (Fsp3) is 0.529. The van der Waals surface area contributed by atoms with Gasteiger partial charge in [0.25, 0.3) is 0 Å². The summed E-state index contributed by atoms with van der Waals surface area (Å²) < 4.78 is 12.2. The number of aryl methyl sites for hydroxylation is 1. The molecular formula is C17H21BrN2O4. The van der Waals surface area contributed by atoms with E-state index >= 15 is 0 Å². The highest BCUT2D eigenvalue weighted by Crippen LogP contribution is 2.31. The summed E-state index contributed by atoms with van der Waals surface area (Å²) in [6, 6.07) is 5.60. The number of likely N-dealkylation sites (tertiary alicyclic amines) is 1. The predicted molar refractivity (Wildman–Crippen MR) is 92.6 cm³/mol. The van der Waals surface area contributed by atoms with E-state index in [2.05, 4.69) is 21.2 Å². The van der Waals surface area contributed by atoms with Crippen molar-refractivity contribution in [1.82, 2.24) is 4.90 Å². The Kier molecular flexibility index (Phi) is 5.22. The maximum Gasteiger partial charge on any atom is 0.233 e. The molecule has 0 aromatic heterocycles. The Labute approximate surface area is 149 Å². The zero-order chi connectivity index (χ0) is 17.2. The molecule has 2 fully saturated rings. The minimum Gasteiger partial charge on any atom is -0.347 e. The van der Waals surface area contributed by atoms with Crippen molar-refractivity contribution in [3.63, 3.8) is 0 Å². The molecule has 0 saturated carbocycles.